The van der Waals surface area contributed by atoms with Crippen LogP contribution in [0.25, 0.3) is 98.1 Å². The Labute approximate surface area is 283 Å². The number of furan rings is 1. The van der Waals surface area contributed by atoms with Gasteiger partial charge in [0, 0.05) is 16.2 Å². The van der Waals surface area contributed by atoms with Crippen LogP contribution in [0.3, 0.4) is 0 Å². The molecule has 1 aromatic heterocycles. The highest BCUT2D eigenvalue weighted by Gasteiger charge is 2.18. The molecule has 10 aromatic rings. The fourth-order valence-electron chi connectivity index (χ4n) is 6.35. The van der Waals surface area contributed by atoms with Crippen molar-refractivity contribution in [2.75, 3.05) is 0 Å². The van der Waals surface area contributed by atoms with Crippen molar-refractivity contribution in [3.8, 4) is 22.3 Å². The van der Waals surface area contributed by atoms with Crippen LogP contribution in [0.15, 0.2) is 162 Å². The van der Waals surface area contributed by atoms with Crippen molar-refractivity contribution in [2.45, 2.75) is 0 Å². The van der Waals surface area contributed by atoms with Crippen LogP contribution in [-0.4, -0.2) is 0 Å². The Morgan fingerprint density at radius 3 is 1.82 bits per heavy atom. The quantitative estimate of drug-likeness (QED) is 0.145. The van der Waals surface area contributed by atoms with Crippen molar-refractivity contribution in [3.05, 3.63) is 157 Å². The largest absolute Gasteiger partial charge is 0.455 e. The van der Waals surface area contributed by atoms with Crippen LogP contribution in [0.2, 0.25) is 0 Å². The van der Waals surface area contributed by atoms with E-state index in [-0.39, 0.29) is 38.1 Å². The van der Waals surface area contributed by atoms with E-state index in [9.17, 15) is 9.60 Å². The Balaban J connectivity index is 1.46. The third-order valence-electron chi connectivity index (χ3n) is 8.34. The molecule has 45 heavy (non-hydrogen) atoms. The summed E-state index contributed by atoms with van der Waals surface area (Å²) in [6, 6.07) is 4.63. The highest BCUT2D eigenvalue weighted by Crippen LogP contribution is 2.45. The van der Waals surface area contributed by atoms with Crippen LogP contribution >= 0.6 is 0 Å². The van der Waals surface area contributed by atoms with E-state index in [1.165, 1.54) is 0 Å². The molecule has 0 saturated carbocycles. The molecule has 1 heteroatoms. The molecule has 0 spiro atoms. The lowest BCUT2D eigenvalue weighted by Crippen LogP contribution is -1.91. The van der Waals surface area contributed by atoms with Gasteiger partial charge in [-0.25, -0.2) is 0 Å². The second kappa shape index (κ2) is 9.29. The fraction of sp³-hybridized carbons (Fsp3) is 0. The zero-order valence-electron chi connectivity index (χ0n) is 40.1. The van der Waals surface area contributed by atoms with Crippen molar-refractivity contribution in [2.24, 2.45) is 0 Å². The zero-order valence-corrected chi connectivity index (χ0v) is 23.1. The van der Waals surface area contributed by atoms with E-state index in [0.717, 1.165) is 10.8 Å². The van der Waals surface area contributed by atoms with Gasteiger partial charge in [-0.1, -0.05) is 133 Å². The lowest BCUT2D eigenvalue weighted by molar-refractivity contribution is 0.672. The molecule has 0 fully saturated rings. The Morgan fingerprint density at radius 1 is 0.400 bits per heavy atom. The number of fused-ring (bicyclic) bond motifs is 10. The Hall–Kier alpha value is -5.92. The third-order valence-corrected chi connectivity index (χ3v) is 8.34. The van der Waals surface area contributed by atoms with Gasteiger partial charge < -0.3 is 4.42 Å². The normalized spacial score (nSPS) is 17.3. The van der Waals surface area contributed by atoms with Gasteiger partial charge in [0.1, 0.15) is 11.2 Å². The Bertz CT molecular complexity index is 3700. The Morgan fingerprint density at radius 2 is 1.04 bits per heavy atom. The summed E-state index contributed by atoms with van der Waals surface area (Å²) in [7, 11) is 0. The van der Waals surface area contributed by atoms with Crippen LogP contribution in [0.1, 0.15) is 23.3 Å². The van der Waals surface area contributed by atoms with Crippen LogP contribution in [0, 0.1) is 0 Å². The third kappa shape index (κ3) is 3.56. The van der Waals surface area contributed by atoms with Crippen molar-refractivity contribution in [3.63, 3.8) is 0 Å². The molecular formula is C44H26O. The van der Waals surface area contributed by atoms with Crippen molar-refractivity contribution in [1.82, 2.24) is 0 Å². The Kier molecular flexibility index (Phi) is 2.76. The SMILES string of the molecule is [2H]c1c([2H])c([2H])c2c(-c3c([2H])c([2H])c4c(c3[2H])c([2H])c([2H])c3c([2H])c([2H])c([2H])c([2H])c34)c3c([2H])c([2H])c([2H])c([2H])c3c(-c3ccc4oc5c6ccccc6ccc5c4c3)c2c1[2H]. The standard InChI is InChI=1S/C44H26O/c1-3-11-32-27(9-1)17-18-29-25-30(20-22-33(29)32)42-35-13-5-7-15-37(35)43(38-16-8-6-14-36(38)42)31-21-24-41-40(26-31)39-23-19-28-10-2-4-12-34(28)44(39)45-41/h1-26H/i1D,3D,5D,6D,7D,8D,9D,11D,13D,14D,15D,16D,17D,18D,20D,22D,25D. The maximum atomic E-state index is 9.67. The highest BCUT2D eigenvalue weighted by atomic mass is 16.3. The average Bonchev–Trinajstić information content (AvgIpc) is 3.65. The average molecular weight is 588 g/mol. The molecule has 9 aromatic carbocycles. The summed E-state index contributed by atoms with van der Waals surface area (Å²) in [5, 5.41) is 0.346. The molecule has 0 aliphatic rings. The molecule has 0 aliphatic carbocycles. The van der Waals surface area contributed by atoms with Gasteiger partial charge in [0.05, 0.1) is 23.3 Å². The topological polar surface area (TPSA) is 13.1 Å². The predicted octanol–water partition coefficient (Wildman–Crippen LogP) is 12.7. The number of hydrogen-bond acceptors (Lipinski definition) is 1. The second-order valence-corrected chi connectivity index (χ2v) is 10.7. The second-order valence-electron chi connectivity index (χ2n) is 10.7. The number of benzene rings is 9. The maximum Gasteiger partial charge on any atom is 0.143 e. The zero-order chi connectivity index (χ0) is 44.3. The first kappa shape index (κ1) is 13.4. The summed E-state index contributed by atoms with van der Waals surface area (Å²) in [4.78, 5) is 0. The molecular weight excluding hydrogens is 544 g/mol. The van der Waals surface area contributed by atoms with Gasteiger partial charge in [0.15, 0.2) is 0 Å². The van der Waals surface area contributed by atoms with Gasteiger partial charge >= 0.3 is 0 Å². The molecule has 0 unspecified atom stereocenters. The molecule has 208 valence electrons. The summed E-state index contributed by atoms with van der Waals surface area (Å²) < 4.78 is 159. The molecule has 0 N–H and O–H groups in total. The number of rotatable bonds is 2. The van der Waals surface area contributed by atoms with Crippen LogP contribution in [-0.2, 0) is 0 Å². The first-order valence-corrected chi connectivity index (χ1v) is 14.1. The predicted molar refractivity (Wildman–Crippen MR) is 192 cm³/mol. The van der Waals surface area contributed by atoms with E-state index in [0.29, 0.717) is 21.9 Å². The van der Waals surface area contributed by atoms with Gasteiger partial charge in [-0.05, 0) is 95.0 Å². The minimum absolute atomic E-state index is 0.00338. The van der Waals surface area contributed by atoms with E-state index in [2.05, 4.69) is 0 Å². The van der Waals surface area contributed by atoms with E-state index >= 15 is 0 Å². The minimum atomic E-state index is -0.790. The van der Waals surface area contributed by atoms with E-state index in [1.54, 1.807) is 18.2 Å². The van der Waals surface area contributed by atoms with E-state index in [1.807, 2.05) is 36.4 Å². The molecule has 0 saturated heterocycles. The lowest BCUT2D eigenvalue weighted by Gasteiger charge is -2.18. The van der Waals surface area contributed by atoms with Gasteiger partial charge in [0.2, 0.25) is 0 Å². The molecule has 10 rings (SSSR count). The molecule has 0 radical (unpaired) electrons. The number of hydrogen-bond donors (Lipinski definition) is 0. The summed E-state index contributed by atoms with van der Waals surface area (Å²) >= 11 is 0. The summed E-state index contributed by atoms with van der Waals surface area (Å²) in [6.45, 7) is 0. The van der Waals surface area contributed by atoms with E-state index in [4.69, 9.17) is 18.1 Å². The van der Waals surface area contributed by atoms with Crippen molar-refractivity contribution in [1.29, 1.82) is 0 Å². The maximum absolute atomic E-state index is 9.67. The smallest absolute Gasteiger partial charge is 0.143 e. The fourth-order valence-corrected chi connectivity index (χ4v) is 6.35. The molecule has 0 aliphatic heterocycles. The van der Waals surface area contributed by atoms with Crippen molar-refractivity contribution < 1.29 is 27.7 Å². The molecule has 0 atom stereocenters. The molecule has 0 bridgehead atoms. The lowest BCUT2D eigenvalue weighted by atomic mass is 9.85. The molecule has 0 amide bonds. The first-order chi connectivity index (χ1) is 29.4. The van der Waals surface area contributed by atoms with Gasteiger partial charge in [0.25, 0.3) is 0 Å². The van der Waals surface area contributed by atoms with Gasteiger partial charge in [-0.15, -0.1) is 0 Å². The van der Waals surface area contributed by atoms with E-state index < -0.39 is 130 Å². The summed E-state index contributed by atoms with van der Waals surface area (Å²) in [6.07, 6.45) is 0. The first-order valence-electron chi connectivity index (χ1n) is 22.6. The summed E-state index contributed by atoms with van der Waals surface area (Å²) in [5.41, 5.74) is 0.390. The monoisotopic (exact) mass is 587 g/mol. The van der Waals surface area contributed by atoms with Crippen LogP contribution in [0.5, 0.6) is 0 Å². The minimum Gasteiger partial charge on any atom is -0.455 e. The molecule has 1 nitrogen and oxygen atoms in total. The van der Waals surface area contributed by atoms with Crippen LogP contribution < -0.4 is 0 Å². The van der Waals surface area contributed by atoms with Gasteiger partial charge in [-0.3, -0.25) is 0 Å². The van der Waals surface area contributed by atoms with Gasteiger partial charge in [-0.2, -0.15) is 0 Å². The molecule has 1 heterocycles. The highest BCUT2D eigenvalue weighted by molar-refractivity contribution is 6.23. The summed E-state index contributed by atoms with van der Waals surface area (Å²) in [5.74, 6) is 0. The van der Waals surface area contributed by atoms with Crippen LogP contribution in [0.4, 0.5) is 0 Å². The van der Waals surface area contributed by atoms with Crippen molar-refractivity contribution >= 4 is 75.8 Å².